The minimum atomic E-state index is -1.38. The van der Waals surface area contributed by atoms with Crippen LogP contribution in [-0.2, 0) is 14.3 Å². The van der Waals surface area contributed by atoms with Crippen LogP contribution in [0.4, 0.5) is 5.69 Å². The number of esters is 1. The average Bonchev–Trinajstić information content (AvgIpc) is 2.47. The van der Waals surface area contributed by atoms with Gasteiger partial charge in [-0.1, -0.05) is 0 Å². The number of amides is 1. The fourth-order valence-electron chi connectivity index (χ4n) is 1.71. The Morgan fingerprint density at radius 3 is 2.62 bits per heavy atom. The zero-order valence-electron chi connectivity index (χ0n) is 11.3. The molecule has 2 rings (SSSR count). The molecule has 1 aliphatic rings. The Labute approximate surface area is 129 Å². The zero-order chi connectivity index (χ0) is 15.4. The molecule has 0 fully saturated rings. The highest BCUT2D eigenvalue weighted by atomic mass is 79.9. The summed E-state index contributed by atoms with van der Waals surface area (Å²) in [7, 11) is 0. The maximum atomic E-state index is 11.9. The number of carbonyl (C=O) groups is 2. The lowest BCUT2D eigenvalue weighted by molar-refractivity contribution is -0.146. The van der Waals surface area contributed by atoms with Crippen molar-refractivity contribution in [2.24, 2.45) is 5.73 Å². The third kappa shape index (κ3) is 3.64. The number of fused-ring (bicyclic) bond motifs is 1. The molecule has 1 aromatic rings. The van der Waals surface area contributed by atoms with Crippen molar-refractivity contribution in [3.63, 3.8) is 0 Å². The molecule has 1 unspecified atom stereocenters. The van der Waals surface area contributed by atoms with Crippen LogP contribution in [0.1, 0.15) is 6.92 Å². The molecule has 0 saturated carbocycles. The van der Waals surface area contributed by atoms with E-state index >= 15 is 0 Å². The first-order valence-electron chi connectivity index (χ1n) is 6.35. The summed E-state index contributed by atoms with van der Waals surface area (Å²) >= 11 is 3.31. The van der Waals surface area contributed by atoms with Gasteiger partial charge in [0.2, 0.25) is 0 Å². The minimum Gasteiger partial charge on any atom is -0.486 e. The van der Waals surface area contributed by atoms with Crippen LogP contribution in [0.15, 0.2) is 16.6 Å². The molecule has 8 heteroatoms. The van der Waals surface area contributed by atoms with Crippen LogP contribution in [-0.4, -0.2) is 37.7 Å². The topological polar surface area (TPSA) is 99.9 Å². The van der Waals surface area contributed by atoms with E-state index in [0.717, 1.165) is 0 Å². The second kappa shape index (κ2) is 6.77. The summed E-state index contributed by atoms with van der Waals surface area (Å²) in [6.45, 7) is 2.71. The molecule has 21 heavy (non-hydrogen) atoms. The Morgan fingerprint density at radius 1 is 1.38 bits per heavy atom. The fraction of sp³-hybridized carbons (Fsp3) is 0.385. The van der Waals surface area contributed by atoms with Gasteiger partial charge in [0.25, 0.3) is 5.91 Å². The van der Waals surface area contributed by atoms with Crippen molar-refractivity contribution in [2.75, 3.05) is 25.1 Å². The largest absolute Gasteiger partial charge is 0.486 e. The van der Waals surface area contributed by atoms with Gasteiger partial charge in [0.1, 0.15) is 13.2 Å². The normalized spacial score (nSPS) is 14.2. The predicted octanol–water partition coefficient (Wildman–Crippen LogP) is 1.05. The molecule has 1 aromatic carbocycles. The van der Waals surface area contributed by atoms with E-state index in [1.807, 2.05) is 0 Å². The molecule has 0 aliphatic carbocycles. The molecule has 1 heterocycles. The number of rotatable bonds is 4. The van der Waals surface area contributed by atoms with Crippen LogP contribution in [0.25, 0.3) is 0 Å². The van der Waals surface area contributed by atoms with Crippen molar-refractivity contribution >= 4 is 33.5 Å². The number of hydrogen-bond donors (Lipinski definition) is 2. The maximum absolute atomic E-state index is 11.9. The molecule has 7 nitrogen and oxygen atoms in total. The Bertz CT molecular complexity index is 564. The summed E-state index contributed by atoms with van der Waals surface area (Å²) in [4.78, 5) is 23.3. The fourth-order valence-corrected chi connectivity index (χ4v) is 2.13. The summed E-state index contributed by atoms with van der Waals surface area (Å²) in [6, 6.07) is 1.90. The quantitative estimate of drug-likeness (QED) is 0.616. The van der Waals surface area contributed by atoms with Crippen LogP contribution < -0.4 is 20.5 Å². The van der Waals surface area contributed by atoms with E-state index in [9.17, 15) is 9.59 Å². The highest BCUT2D eigenvalue weighted by Gasteiger charge is 2.25. The highest BCUT2D eigenvalue weighted by Crippen LogP contribution is 2.38. The smallest absolute Gasteiger partial charge is 0.332 e. The van der Waals surface area contributed by atoms with Gasteiger partial charge in [0.05, 0.1) is 12.3 Å². The number of anilines is 1. The highest BCUT2D eigenvalue weighted by molar-refractivity contribution is 9.10. The molecule has 1 atom stereocenters. The Balaban J connectivity index is 2.12. The average molecular weight is 359 g/mol. The van der Waals surface area contributed by atoms with Crippen molar-refractivity contribution in [3.8, 4) is 11.5 Å². The number of halogens is 1. The molecule has 1 amide bonds. The molecule has 0 radical (unpaired) electrons. The summed E-state index contributed by atoms with van der Waals surface area (Å²) in [5, 5.41) is 2.55. The third-order valence-corrected chi connectivity index (χ3v) is 3.37. The number of nitrogens with two attached hydrogens (primary N) is 1. The van der Waals surface area contributed by atoms with Crippen LogP contribution in [0.2, 0.25) is 0 Å². The van der Waals surface area contributed by atoms with Crippen molar-refractivity contribution in [1.82, 2.24) is 0 Å². The lowest BCUT2D eigenvalue weighted by atomic mass is 10.2. The molecular weight excluding hydrogens is 344 g/mol. The van der Waals surface area contributed by atoms with Crippen LogP contribution in [0, 0.1) is 0 Å². The molecule has 0 spiro atoms. The first-order chi connectivity index (χ1) is 10.0. The van der Waals surface area contributed by atoms with Gasteiger partial charge in [-0.05, 0) is 22.9 Å². The maximum Gasteiger partial charge on any atom is 0.332 e. The summed E-state index contributed by atoms with van der Waals surface area (Å²) in [5.74, 6) is -0.334. The first-order valence-corrected chi connectivity index (χ1v) is 7.14. The van der Waals surface area contributed by atoms with Crippen molar-refractivity contribution < 1.29 is 23.8 Å². The van der Waals surface area contributed by atoms with E-state index in [-0.39, 0.29) is 6.61 Å². The van der Waals surface area contributed by atoms with Gasteiger partial charge in [-0.3, -0.25) is 4.79 Å². The van der Waals surface area contributed by atoms with Crippen molar-refractivity contribution in [2.45, 2.75) is 13.0 Å². The molecule has 0 bridgehead atoms. The number of benzene rings is 1. The molecule has 0 saturated heterocycles. The summed E-state index contributed by atoms with van der Waals surface area (Å²) in [6.07, 6.45) is 0. The summed E-state index contributed by atoms with van der Waals surface area (Å²) in [5.41, 5.74) is 5.96. The Hall–Kier alpha value is -1.80. The van der Waals surface area contributed by atoms with Crippen LogP contribution >= 0.6 is 15.9 Å². The van der Waals surface area contributed by atoms with Crippen LogP contribution in [0.5, 0.6) is 11.5 Å². The second-order valence-electron chi connectivity index (χ2n) is 4.19. The van der Waals surface area contributed by atoms with Gasteiger partial charge >= 0.3 is 5.97 Å². The molecular formula is C13H15BrN2O5. The van der Waals surface area contributed by atoms with Crippen molar-refractivity contribution in [1.29, 1.82) is 0 Å². The standard InChI is InChI=1S/C13H15BrN2O5/c1-2-19-13(18)11(15)12(17)16-8-6-10-9(5-7(8)14)20-3-4-21-10/h5-6,11H,2-4,15H2,1H3,(H,16,17). The predicted molar refractivity (Wildman–Crippen MR) is 78.4 cm³/mol. The molecule has 1 aliphatic heterocycles. The zero-order valence-corrected chi connectivity index (χ0v) is 12.9. The van der Waals surface area contributed by atoms with Gasteiger partial charge < -0.3 is 25.3 Å². The van der Waals surface area contributed by atoms with E-state index in [0.29, 0.717) is 34.9 Å². The minimum absolute atomic E-state index is 0.160. The SMILES string of the molecule is CCOC(=O)C(N)C(=O)Nc1cc2c(cc1Br)OCCO2. The van der Waals surface area contributed by atoms with E-state index in [1.165, 1.54) is 0 Å². The van der Waals surface area contributed by atoms with E-state index in [1.54, 1.807) is 19.1 Å². The molecule has 114 valence electrons. The number of carbonyl (C=O) groups excluding carboxylic acids is 2. The van der Waals surface area contributed by atoms with Crippen molar-refractivity contribution in [3.05, 3.63) is 16.6 Å². The van der Waals surface area contributed by atoms with Gasteiger partial charge in [-0.25, -0.2) is 4.79 Å². The number of hydrogen-bond acceptors (Lipinski definition) is 6. The Morgan fingerprint density at radius 2 is 2.00 bits per heavy atom. The van der Waals surface area contributed by atoms with Gasteiger partial charge in [0.15, 0.2) is 17.5 Å². The number of nitrogens with one attached hydrogen (secondary N) is 1. The number of ether oxygens (including phenoxy) is 3. The van der Waals surface area contributed by atoms with Crippen LogP contribution in [0.3, 0.4) is 0 Å². The van der Waals surface area contributed by atoms with E-state index in [4.69, 9.17) is 19.9 Å². The lowest BCUT2D eigenvalue weighted by Crippen LogP contribution is -2.43. The lowest BCUT2D eigenvalue weighted by Gasteiger charge is -2.20. The Kier molecular flexibility index (Phi) is 5.03. The summed E-state index contributed by atoms with van der Waals surface area (Å²) < 4.78 is 16.1. The van der Waals surface area contributed by atoms with E-state index < -0.39 is 17.9 Å². The first kappa shape index (κ1) is 15.6. The van der Waals surface area contributed by atoms with Gasteiger partial charge in [-0.2, -0.15) is 0 Å². The van der Waals surface area contributed by atoms with Gasteiger partial charge in [0, 0.05) is 16.6 Å². The monoisotopic (exact) mass is 358 g/mol. The third-order valence-electron chi connectivity index (χ3n) is 2.71. The molecule has 0 aromatic heterocycles. The molecule has 3 N–H and O–H groups in total. The van der Waals surface area contributed by atoms with E-state index in [2.05, 4.69) is 21.2 Å². The van der Waals surface area contributed by atoms with Gasteiger partial charge in [-0.15, -0.1) is 0 Å². The second-order valence-corrected chi connectivity index (χ2v) is 5.05.